The molecule has 0 amide bonds. The fourth-order valence-electron chi connectivity index (χ4n) is 1.57. The van der Waals surface area contributed by atoms with Gasteiger partial charge >= 0.3 is 0 Å². The van der Waals surface area contributed by atoms with E-state index in [4.69, 9.17) is 11.6 Å². The summed E-state index contributed by atoms with van der Waals surface area (Å²) in [4.78, 5) is 11.9. The van der Waals surface area contributed by atoms with Crippen LogP contribution in [0.2, 0.25) is 5.02 Å². The number of hydrogen-bond donors (Lipinski definition) is 1. The first-order valence-corrected chi connectivity index (χ1v) is 6.32. The Morgan fingerprint density at radius 3 is 2.32 bits per heavy atom. The third-order valence-corrected chi connectivity index (χ3v) is 2.92. The predicted octanol–water partition coefficient (Wildman–Crippen LogP) is 4.46. The fourth-order valence-corrected chi connectivity index (χ4v) is 1.70. The summed E-state index contributed by atoms with van der Waals surface area (Å²) in [5.74, 6) is -0.0264. The third kappa shape index (κ3) is 3.97. The number of benzene rings is 2. The molecule has 0 bridgehead atoms. The van der Waals surface area contributed by atoms with Crippen LogP contribution in [0.4, 0.5) is 5.69 Å². The minimum absolute atomic E-state index is 0.0264. The topological polar surface area (TPSA) is 29.1 Å². The molecule has 2 rings (SSSR count). The SMILES string of the molecule is Cc1ccc(C(=O)/C=C\Nc2ccc(Cl)cc2)cc1. The van der Waals surface area contributed by atoms with Gasteiger partial charge in [-0.2, -0.15) is 0 Å². The molecule has 0 saturated carbocycles. The Labute approximate surface area is 117 Å². The van der Waals surface area contributed by atoms with Crippen molar-refractivity contribution in [3.05, 3.63) is 77.0 Å². The van der Waals surface area contributed by atoms with Gasteiger partial charge in [-0.1, -0.05) is 41.4 Å². The molecule has 3 heteroatoms. The van der Waals surface area contributed by atoms with E-state index in [1.165, 1.54) is 6.08 Å². The van der Waals surface area contributed by atoms with Gasteiger partial charge in [0.05, 0.1) is 0 Å². The van der Waals surface area contributed by atoms with Crippen LogP contribution < -0.4 is 5.32 Å². The van der Waals surface area contributed by atoms with Crippen LogP contribution in [0.25, 0.3) is 0 Å². The van der Waals surface area contributed by atoms with E-state index in [1.807, 2.05) is 43.3 Å². The minimum atomic E-state index is -0.0264. The van der Waals surface area contributed by atoms with Gasteiger partial charge in [-0.05, 0) is 31.2 Å². The van der Waals surface area contributed by atoms with Crippen molar-refractivity contribution in [1.29, 1.82) is 0 Å². The van der Waals surface area contributed by atoms with Crippen LogP contribution in [0.15, 0.2) is 60.8 Å². The fraction of sp³-hybridized carbons (Fsp3) is 0.0625. The first-order valence-electron chi connectivity index (χ1n) is 5.95. The standard InChI is InChI=1S/C16H14ClNO/c1-12-2-4-13(5-3-12)16(19)10-11-18-15-8-6-14(17)7-9-15/h2-11,18H,1H3/b11-10-. The Hall–Kier alpha value is -2.06. The van der Waals surface area contributed by atoms with Gasteiger partial charge in [0.25, 0.3) is 0 Å². The highest BCUT2D eigenvalue weighted by atomic mass is 35.5. The van der Waals surface area contributed by atoms with Crippen LogP contribution in [0.3, 0.4) is 0 Å². The van der Waals surface area contributed by atoms with Crippen LogP contribution in [0.5, 0.6) is 0 Å². The van der Waals surface area contributed by atoms with Crippen molar-refractivity contribution in [1.82, 2.24) is 0 Å². The van der Waals surface area contributed by atoms with Crippen LogP contribution in [-0.2, 0) is 0 Å². The monoisotopic (exact) mass is 271 g/mol. The Balaban J connectivity index is 1.97. The summed E-state index contributed by atoms with van der Waals surface area (Å²) in [5, 5.41) is 3.71. The van der Waals surface area contributed by atoms with E-state index in [0.29, 0.717) is 10.6 Å². The molecule has 0 aliphatic rings. The summed E-state index contributed by atoms with van der Waals surface area (Å²) >= 11 is 5.79. The van der Waals surface area contributed by atoms with Crippen LogP contribution in [0, 0.1) is 6.92 Å². The van der Waals surface area contributed by atoms with E-state index in [2.05, 4.69) is 5.32 Å². The summed E-state index contributed by atoms with van der Waals surface area (Å²) in [6.07, 6.45) is 3.14. The summed E-state index contributed by atoms with van der Waals surface area (Å²) in [6.45, 7) is 1.99. The molecule has 1 N–H and O–H groups in total. The number of halogens is 1. The molecule has 0 radical (unpaired) electrons. The van der Waals surface area contributed by atoms with Crippen LogP contribution in [-0.4, -0.2) is 5.78 Å². The molecule has 2 nitrogen and oxygen atoms in total. The van der Waals surface area contributed by atoms with Crippen LogP contribution in [0.1, 0.15) is 15.9 Å². The number of aryl methyl sites for hydroxylation is 1. The van der Waals surface area contributed by atoms with Gasteiger partial charge in [-0.15, -0.1) is 0 Å². The maximum Gasteiger partial charge on any atom is 0.187 e. The Morgan fingerprint density at radius 1 is 1.05 bits per heavy atom. The maximum absolute atomic E-state index is 11.9. The molecule has 0 fully saturated rings. The lowest BCUT2D eigenvalue weighted by Gasteiger charge is -2.00. The maximum atomic E-state index is 11.9. The van der Waals surface area contributed by atoms with Gasteiger partial charge in [0, 0.05) is 28.5 Å². The number of carbonyl (C=O) groups is 1. The Bertz CT molecular complexity index is 585. The van der Waals surface area contributed by atoms with Gasteiger partial charge < -0.3 is 5.32 Å². The number of nitrogens with one attached hydrogen (secondary N) is 1. The number of ketones is 1. The van der Waals surface area contributed by atoms with E-state index in [0.717, 1.165) is 11.3 Å². The van der Waals surface area contributed by atoms with Gasteiger partial charge in [0.2, 0.25) is 0 Å². The average molecular weight is 272 g/mol. The first-order chi connectivity index (χ1) is 9.15. The molecule has 96 valence electrons. The van der Waals surface area contributed by atoms with Crippen molar-refractivity contribution in [2.75, 3.05) is 5.32 Å². The lowest BCUT2D eigenvalue weighted by Crippen LogP contribution is -1.96. The minimum Gasteiger partial charge on any atom is -0.362 e. The van der Waals surface area contributed by atoms with Crippen molar-refractivity contribution < 1.29 is 4.79 Å². The molecule has 2 aromatic carbocycles. The highest BCUT2D eigenvalue weighted by Gasteiger charge is 1.99. The number of anilines is 1. The summed E-state index contributed by atoms with van der Waals surface area (Å²) in [7, 11) is 0. The number of hydrogen-bond acceptors (Lipinski definition) is 2. The van der Waals surface area contributed by atoms with E-state index in [-0.39, 0.29) is 5.78 Å². The van der Waals surface area contributed by atoms with Gasteiger partial charge in [0.1, 0.15) is 0 Å². The van der Waals surface area contributed by atoms with Crippen molar-refractivity contribution in [3.8, 4) is 0 Å². The number of carbonyl (C=O) groups excluding carboxylic acids is 1. The molecule has 0 saturated heterocycles. The average Bonchev–Trinajstić information content (AvgIpc) is 2.41. The zero-order valence-electron chi connectivity index (χ0n) is 10.6. The third-order valence-electron chi connectivity index (χ3n) is 2.67. The zero-order chi connectivity index (χ0) is 13.7. The summed E-state index contributed by atoms with van der Waals surface area (Å²) < 4.78 is 0. The van der Waals surface area contributed by atoms with E-state index >= 15 is 0 Å². The van der Waals surface area contributed by atoms with Gasteiger partial charge in [-0.25, -0.2) is 0 Å². The smallest absolute Gasteiger partial charge is 0.187 e. The molecule has 0 aliphatic heterocycles. The summed E-state index contributed by atoms with van der Waals surface area (Å²) in [6, 6.07) is 14.8. The second-order valence-electron chi connectivity index (χ2n) is 4.21. The highest BCUT2D eigenvalue weighted by Crippen LogP contribution is 2.13. The lowest BCUT2D eigenvalue weighted by atomic mass is 10.1. The van der Waals surface area contributed by atoms with Gasteiger partial charge in [0.15, 0.2) is 5.78 Å². The number of allylic oxidation sites excluding steroid dienone is 1. The first kappa shape index (κ1) is 13.4. The summed E-state index contributed by atoms with van der Waals surface area (Å²) in [5.41, 5.74) is 2.71. The molecule has 0 heterocycles. The molecule has 0 aromatic heterocycles. The molecule has 2 aromatic rings. The van der Waals surface area contributed by atoms with Gasteiger partial charge in [-0.3, -0.25) is 4.79 Å². The molecule has 0 atom stereocenters. The Morgan fingerprint density at radius 2 is 1.68 bits per heavy atom. The van der Waals surface area contributed by atoms with Crippen LogP contribution >= 0.6 is 11.6 Å². The Kier molecular flexibility index (Phi) is 4.37. The lowest BCUT2D eigenvalue weighted by molar-refractivity contribution is 0.104. The quantitative estimate of drug-likeness (QED) is 0.657. The molecular formula is C16H14ClNO. The van der Waals surface area contributed by atoms with Crippen molar-refractivity contribution in [2.24, 2.45) is 0 Å². The number of rotatable bonds is 4. The normalized spacial score (nSPS) is 10.6. The van der Waals surface area contributed by atoms with Crippen molar-refractivity contribution >= 4 is 23.1 Å². The predicted molar refractivity (Wildman–Crippen MR) is 79.7 cm³/mol. The highest BCUT2D eigenvalue weighted by molar-refractivity contribution is 6.30. The van der Waals surface area contributed by atoms with E-state index < -0.39 is 0 Å². The molecule has 0 unspecified atom stereocenters. The van der Waals surface area contributed by atoms with E-state index in [9.17, 15) is 4.79 Å². The molecule has 19 heavy (non-hydrogen) atoms. The van der Waals surface area contributed by atoms with Crippen molar-refractivity contribution in [3.63, 3.8) is 0 Å². The van der Waals surface area contributed by atoms with Crippen molar-refractivity contribution in [2.45, 2.75) is 6.92 Å². The molecular weight excluding hydrogens is 258 g/mol. The second kappa shape index (κ2) is 6.21. The zero-order valence-corrected chi connectivity index (χ0v) is 11.3. The second-order valence-corrected chi connectivity index (χ2v) is 4.65. The molecule has 0 aliphatic carbocycles. The molecule has 0 spiro atoms. The van der Waals surface area contributed by atoms with E-state index in [1.54, 1.807) is 18.3 Å². The largest absolute Gasteiger partial charge is 0.362 e.